The Hall–Kier alpha value is -0.160. The molecule has 14 heavy (non-hydrogen) atoms. The minimum atomic E-state index is -0.865. The van der Waals surface area contributed by atoms with Crippen molar-refractivity contribution in [3.8, 4) is 0 Å². The fourth-order valence-electron chi connectivity index (χ4n) is 2.48. The van der Waals surface area contributed by atoms with Crippen molar-refractivity contribution in [1.29, 1.82) is 0 Å². The van der Waals surface area contributed by atoms with E-state index in [0.29, 0.717) is 26.1 Å². The Labute approximate surface area is 84.3 Å². The third-order valence-corrected chi connectivity index (χ3v) is 3.64. The summed E-state index contributed by atoms with van der Waals surface area (Å²) in [5.41, 5.74) is -1.52. The zero-order valence-electron chi connectivity index (χ0n) is 8.84. The van der Waals surface area contributed by atoms with Gasteiger partial charge < -0.3 is 20.3 Å². The van der Waals surface area contributed by atoms with Crippen LogP contribution >= 0.6 is 0 Å². The highest BCUT2D eigenvalue weighted by Gasteiger charge is 2.59. The number of aliphatic hydroxyl groups excluding tert-OH is 1. The van der Waals surface area contributed by atoms with Crippen LogP contribution in [0.1, 0.15) is 20.3 Å². The highest BCUT2D eigenvalue weighted by molar-refractivity contribution is 5.11. The van der Waals surface area contributed by atoms with Gasteiger partial charge in [0.2, 0.25) is 0 Å². The monoisotopic (exact) mass is 201 g/mol. The van der Waals surface area contributed by atoms with E-state index in [1.165, 1.54) is 0 Å². The number of hydrogen-bond donors (Lipinski definition) is 3. The highest BCUT2D eigenvalue weighted by Crippen LogP contribution is 2.45. The van der Waals surface area contributed by atoms with Crippen molar-refractivity contribution in [2.75, 3.05) is 26.3 Å². The Kier molecular flexibility index (Phi) is 2.16. The molecular formula is C10H19NO3. The average molecular weight is 201 g/mol. The lowest BCUT2D eigenvalue weighted by Crippen LogP contribution is -2.68. The fraction of sp³-hybridized carbons (Fsp3) is 1.00. The maximum absolute atomic E-state index is 10.5. The quantitative estimate of drug-likeness (QED) is 0.563. The zero-order chi connectivity index (χ0) is 10.4. The third kappa shape index (κ3) is 1.29. The van der Waals surface area contributed by atoms with E-state index < -0.39 is 5.60 Å². The molecule has 0 aromatic rings. The second-order valence-corrected chi connectivity index (χ2v) is 5.30. The first-order chi connectivity index (χ1) is 6.43. The molecule has 2 aliphatic rings. The predicted octanol–water partition coefficient (Wildman–Crippen LogP) is -0.502. The van der Waals surface area contributed by atoms with Crippen LogP contribution in [0.25, 0.3) is 0 Å². The standard InChI is InChI=1S/C10H19NO3/c1-8(2)3-10(13,7-14-8)9(6-12)4-11-5-9/h11-13H,3-7H2,1-2H3. The predicted molar refractivity (Wildman–Crippen MR) is 52.0 cm³/mol. The van der Waals surface area contributed by atoms with Crippen LogP contribution in [0.5, 0.6) is 0 Å². The maximum atomic E-state index is 10.5. The minimum Gasteiger partial charge on any atom is -0.396 e. The van der Waals surface area contributed by atoms with Crippen molar-refractivity contribution >= 4 is 0 Å². The lowest BCUT2D eigenvalue weighted by atomic mass is 9.66. The normalized spacial score (nSPS) is 39.4. The van der Waals surface area contributed by atoms with Gasteiger partial charge in [-0.2, -0.15) is 0 Å². The van der Waals surface area contributed by atoms with E-state index in [2.05, 4.69) is 5.32 Å². The van der Waals surface area contributed by atoms with Crippen molar-refractivity contribution in [2.24, 2.45) is 5.41 Å². The molecule has 2 rings (SSSR count). The molecule has 1 unspecified atom stereocenters. The van der Waals surface area contributed by atoms with Crippen molar-refractivity contribution in [2.45, 2.75) is 31.5 Å². The lowest BCUT2D eigenvalue weighted by Gasteiger charge is -2.50. The van der Waals surface area contributed by atoms with Gasteiger partial charge in [-0.1, -0.05) is 0 Å². The molecule has 0 saturated carbocycles. The third-order valence-electron chi connectivity index (χ3n) is 3.64. The van der Waals surface area contributed by atoms with Crippen LogP contribution in [0, 0.1) is 5.41 Å². The summed E-state index contributed by atoms with van der Waals surface area (Å²) < 4.78 is 5.55. The molecule has 2 heterocycles. The first kappa shape index (κ1) is 10.4. The van der Waals surface area contributed by atoms with E-state index in [0.717, 1.165) is 0 Å². The molecule has 82 valence electrons. The van der Waals surface area contributed by atoms with Crippen LogP contribution < -0.4 is 5.32 Å². The molecule has 3 N–H and O–H groups in total. The summed E-state index contributed by atoms with van der Waals surface area (Å²) in [4.78, 5) is 0. The number of nitrogens with one attached hydrogen (secondary N) is 1. The molecule has 4 nitrogen and oxygen atoms in total. The summed E-state index contributed by atoms with van der Waals surface area (Å²) in [6.07, 6.45) is 0.599. The van der Waals surface area contributed by atoms with E-state index in [9.17, 15) is 10.2 Å². The van der Waals surface area contributed by atoms with Gasteiger partial charge in [-0.25, -0.2) is 0 Å². The van der Waals surface area contributed by atoms with Crippen molar-refractivity contribution < 1.29 is 14.9 Å². The van der Waals surface area contributed by atoms with E-state index >= 15 is 0 Å². The van der Waals surface area contributed by atoms with Crippen LogP contribution in [0.4, 0.5) is 0 Å². The Morgan fingerprint density at radius 1 is 1.36 bits per heavy atom. The summed E-state index contributed by atoms with van der Waals surface area (Å²) in [5.74, 6) is 0. The summed E-state index contributed by atoms with van der Waals surface area (Å²) in [6, 6.07) is 0. The van der Waals surface area contributed by atoms with Crippen LogP contribution in [0.3, 0.4) is 0 Å². The van der Waals surface area contributed by atoms with E-state index in [4.69, 9.17) is 4.74 Å². The first-order valence-electron chi connectivity index (χ1n) is 5.11. The minimum absolute atomic E-state index is 0.0237. The van der Waals surface area contributed by atoms with Gasteiger partial charge in [0.25, 0.3) is 0 Å². The number of hydrogen-bond acceptors (Lipinski definition) is 4. The molecule has 2 fully saturated rings. The SMILES string of the molecule is CC1(C)CC(O)(C2(CO)CNC2)CO1. The van der Waals surface area contributed by atoms with Crippen LogP contribution in [-0.4, -0.2) is 47.7 Å². The van der Waals surface area contributed by atoms with Gasteiger partial charge in [0.1, 0.15) is 5.60 Å². The second kappa shape index (κ2) is 2.92. The van der Waals surface area contributed by atoms with Gasteiger partial charge in [-0.15, -0.1) is 0 Å². The summed E-state index contributed by atoms with van der Waals surface area (Å²) in [7, 11) is 0. The molecule has 2 saturated heterocycles. The highest BCUT2D eigenvalue weighted by atomic mass is 16.5. The molecule has 0 spiro atoms. The molecule has 0 aromatic heterocycles. The first-order valence-corrected chi connectivity index (χ1v) is 5.11. The van der Waals surface area contributed by atoms with Gasteiger partial charge >= 0.3 is 0 Å². The molecule has 0 bridgehead atoms. The number of aliphatic hydroxyl groups is 2. The molecule has 0 aliphatic carbocycles. The van der Waals surface area contributed by atoms with Crippen LogP contribution in [-0.2, 0) is 4.74 Å². The van der Waals surface area contributed by atoms with Crippen molar-refractivity contribution in [3.05, 3.63) is 0 Å². The largest absolute Gasteiger partial charge is 0.396 e. The average Bonchev–Trinajstić information content (AvgIpc) is 2.25. The Bertz CT molecular complexity index is 232. The Balaban J connectivity index is 2.17. The molecule has 4 heteroatoms. The smallest absolute Gasteiger partial charge is 0.101 e. The van der Waals surface area contributed by atoms with Crippen molar-refractivity contribution in [1.82, 2.24) is 5.32 Å². The van der Waals surface area contributed by atoms with Gasteiger partial charge in [0.15, 0.2) is 0 Å². The molecule has 2 aliphatic heterocycles. The molecular weight excluding hydrogens is 182 g/mol. The van der Waals surface area contributed by atoms with Gasteiger partial charge in [-0.3, -0.25) is 0 Å². The Morgan fingerprint density at radius 2 is 2.00 bits per heavy atom. The fourth-order valence-corrected chi connectivity index (χ4v) is 2.48. The van der Waals surface area contributed by atoms with Gasteiger partial charge in [0, 0.05) is 24.9 Å². The van der Waals surface area contributed by atoms with E-state index in [-0.39, 0.29) is 17.6 Å². The summed E-state index contributed by atoms with van der Waals surface area (Å²) in [5, 5.41) is 23.0. The summed E-state index contributed by atoms with van der Waals surface area (Å²) in [6.45, 7) is 5.67. The van der Waals surface area contributed by atoms with E-state index in [1.54, 1.807) is 0 Å². The molecule has 0 amide bonds. The maximum Gasteiger partial charge on any atom is 0.101 e. The van der Waals surface area contributed by atoms with Gasteiger partial charge in [0.05, 0.1) is 18.8 Å². The van der Waals surface area contributed by atoms with Crippen LogP contribution in [0.15, 0.2) is 0 Å². The Morgan fingerprint density at radius 3 is 2.29 bits per heavy atom. The molecule has 0 aromatic carbocycles. The lowest BCUT2D eigenvalue weighted by molar-refractivity contribution is -0.135. The summed E-state index contributed by atoms with van der Waals surface area (Å²) >= 11 is 0. The molecule has 1 atom stereocenters. The van der Waals surface area contributed by atoms with Crippen molar-refractivity contribution in [3.63, 3.8) is 0 Å². The van der Waals surface area contributed by atoms with Gasteiger partial charge in [-0.05, 0) is 13.8 Å². The zero-order valence-corrected chi connectivity index (χ0v) is 8.84. The molecule has 0 radical (unpaired) electrons. The van der Waals surface area contributed by atoms with Crippen LogP contribution in [0.2, 0.25) is 0 Å². The topological polar surface area (TPSA) is 61.7 Å². The number of ether oxygens (including phenoxy) is 1. The number of rotatable bonds is 2. The second-order valence-electron chi connectivity index (χ2n) is 5.30. The van der Waals surface area contributed by atoms with E-state index in [1.807, 2.05) is 13.8 Å².